The summed E-state index contributed by atoms with van der Waals surface area (Å²) in [6.07, 6.45) is 0. The molecule has 0 bridgehead atoms. The molecule has 0 amide bonds. The number of nitrogens with two attached hydrogens (primary N) is 4. The minimum atomic E-state index is -4.95. The van der Waals surface area contributed by atoms with E-state index in [1.807, 2.05) is 0 Å². The van der Waals surface area contributed by atoms with Crippen LogP contribution < -0.4 is 0 Å². The summed E-state index contributed by atoms with van der Waals surface area (Å²) in [5, 5.41) is 0. The zero-order chi connectivity index (χ0) is 7.00. The van der Waals surface area contributed by atoms with Crippen molar-refractivity contribution in [3.63, 3.8) is 0 Å². The summed E-state index contributed by atoms with van der Waals surface area (Å²) in [6, 6.07) is 0. The molecule has 0 aromatic rings. The molecule has 0 rings (SSSR count). The van der Waals surface area contributed by atoms with Crippen molar-refractivity contribution in [2.75, 3.05) is 0 Å². The molecule has 88 valence electrons. The van der Waals surface area contributed by atoms with Gasteiger partial charge in [0.15, 0.2) is 0 Å². The summed E-state index contributed by atoms with van der Waals surface area (Å²) in [6.45, 7) is 0. The molecule has 0 aliphatic carbocycles. The Morgan fingerprint density at radius 2 is 0.692 bits per heavy atom. The second-order valence-corrected chi connectivity index (χ2v) is 5.36. The summed E-state index contributed by atoms with van der Waals surface area (Å²) in [5.74, 6) is 0. The Balaban J connectivity index is -0.0000000245. The Morgan fingerprint density at radius 3 is 0.692 bits per heavy atom. The molecular formula is H12CoN4O6S2+. The van der Waals surface area contributed by atoms with Crippen LogP contribution in [0.2, 0.25) is 0 Å². The zero-order valence-corrected chi connectivity index (χ0v) is 8.77. The van der Waals surface area contributed by atoms with Gasteiger partial charge in [0, 0.05) is 0 Å². The summed E-state index contributed by atoms with van der Waals surface area (Å²) in [4.78, 5) is 0. The van der Waals surface area contributed by atoms with Crippen LogP contribution in [0.3, 0.4) is 0 Å². The molecule has 0 fully saturated rings. The van der Waals surface area contributed by atoms with Gasteiger partial charge in [-0.05, 0) is 0 Å². The van der Waals surface area contributed by atoms with E-state index in [-0.39, 0.29) is 41.4 Å². The zero-order valence-electron chi connectivity index (χ0n) is 6.09. The summed E-state index contributed by atoms with van der Waals surface area (Å²) in [7, 11) is -9.90. The van der Waals surface area contributed by atoms with E-state index < -0.39 is 18.3 Å². The molecule has 0 heterocycles. The maximum Gasteiger partial charge on any atom is 3.00 e. The SMILES string of the molecule is O=S(=O)([OH2+])S(=O)(=O)[OH2+].[Co+3].[NH2-].[NH2-].[NH2-].[NH2-]. The second-order valence-electron chi connectivity index (χ2n) is 0.908. The molecule has 0 saturated heterocycles. The summed E-state index contributed by atoms with van der Waals surface area (Å²) in [5.41, 5.74) is 0. The molecule has 0 aromatic heterocycles. The predicted octanol–water partition coefficient (Wildman–Crippen LogP) is -0.124. The van der Waals surface area contributed by atoms with Crippen molar-refractivity contribution < 1.29 is 42.7 Å². The van der Waals surface area contributed by atoms with Crippen LogP contribution in [0.4, 0.5) is 0 Å². The maximum absolute atomic E-state index is 9.54. The topological polar surface area (TPSA) is 248 Å². The van der Waals surface area contributed by atoms with Gasteiger partial charge in [0.2, 0.25) is 0 Å². The van der Waals surface area contributed by atoms with Gasteiger partial charge in [0.1, 0.15) is 0 Å². The number of hydrogen-bond donors (Lipinski definition) is 0. The minimum Gasteiger partial charge on any atom is -0.693 e. The van der Waals surface area contributed by atoms with Crippen LogP contribution in [0.5, 0.6) is 0 Å². The summed E-state index contributed by atoms with van der Waals surface area (Å²) >= 11 is 0. The van der Waals surface area contributed by atoms with E-state index >= 15 is 0 Å². The molecule has 13 heavy (non-hydrogen) atoms. The van der Waals surface area contributed by atoms with Crippen LogP contribution in [0.1, 0.15) is 0 Å². The number of rotatable bonds is 1. The molecule has 0 spiro atoms. The molecular weight excluding hydrogens is 275 g/mol. The van der Waals surface area contributed by atoms with Gasteiger partial charge < -0.3 is 33.7 Å². The molecule has 10 nitrogen and oxygen atoms in total. The van der Waals surface area contributed by atoms with E-state index in [1.165, 1.54) is 0 Å². The molecule has 0 saturated carbocycles. The monoisotopic (exact) mass is 287 g/mol. The van der Waals surface area contributed by atoms with Crippen molar-refractivity contribution in [2.45, 2.75) is 0 Å². The quantitative estimate of drug-likeness (QED) is 0.471. The van der Waals surface area contributed by atoms with Crippen molar-refractivity contribution in [1.82, 2.24) is 0 Å². The van der Waals surface area contributed by atoms with Gasteiger partial charge in [0.05, 0.1) is 0 Å². The van der Waals surface area contributed by atoms with Crippen molar-refractivity contribution in [3.05, 3.63) is 24.6 Å². The minimum absolute atomic E-state index is 0. The average Bonchev–Trinajstić information content (AvgIpc) is 1.25. The third-order valence-corrected chi connectivity index (χ3v) is 2.60. The van der Waals surface area contributed by atoms with Crippen LogP contribution in [0.15, 0.2) is 0 Å². The van der Waals surface area contributed by atoms with Gasteiger partial charge in [-0.3, -0.25) is 0 Å². The van der Waals surface area contributed by atoms with Crippen molar-refractivity contribution in [2.24, 2.45) is 0 Å². The van der Waals surface area contributed by atoms with E-state index in [2.05, 4.69) is 0 Å². The average molecular weight is 287 g/mol. The first-order valence-corrected chi connectivity index (χ1v) is 4.72. The molecule has 0 radical (unpaired) electrons. The number of hydrogen-bond acceptors (Lipinski definition) is 4. The second kappa shape index (κ2) is 10.2. The van der Waals surface area contributed by atoms with Crippen molar-refractivity contribution >= 4 is 18.3 Å². The van der Waals surface area contributed by atoms with Gasteiger partial charge >= 0.3 is 35.1 Å². The Labute approximate surface area is 85.9 Å². The van der Waals surface area contributed by atoms with Gasteiger partial charge in [-0.1, -0.05) is 0 Å². The molecule has 0 aliphatic rings. The molecule has 0 aliphatic heterocycles. The smallest absolute Gasteiger partial charge is 0.693 e. The van der Waals surface area contributed by atoms with E-state index in [9.17, 15) is 16.8 Å². The van der Waals surface area contributed by atoms with Crippen LogP contribution >= 0.6 is 0 Å². The standard InChI is InChI=1S/Co.4H2N.H2O6S2/c;;;;;1-7(2,3)8(4,5)6/h;4*1H2;(H,1,2,3)(H,4,5,6)/q+3;4*-1;/p+2. The van der Waals surface area contributed by atoms with Crippen LogP contribution in [0.25, 0.3) is 24.6 Å². The van der Waals surface area contributed by atoms with Gasteiger partial charge in [-0.15, -0.1) is 16.8 Å². The van der Waals surface area contributed by atoms with Crippen LogP contribution in [0, 0.1) is 0 Å². The first kappa shape index (κ1) is 37.9. The fourth-order valence-corrected chi connectivity index (χ4v) is 0. The Hall–Kier alpha value is 0.166. The van der Waals surface area contributed by atoms with E-state index in [0.717, 1.165) is 0 Å². The Kier molecular flexibility index (Phi) is 29.9. The maximum atomic E-state index is 9.54. The van der Waals surface area contributed by atoms with E-state index in [4.69, 9.17) is 9.11 Å². The fraction of sp³-hybridized carbons (Fsp3) is 0. The van der Waals surface area contributed by atoms with Crippen molar-refractivity contribution in [1.29, 1.82) is 0 Å². The first-order valence-electron chi connectivity index (χ1n) is 1.24. The van der Waals surface area contributed by atoms with Crippen LogP contribution in [-0.2, 0) is 35.1 Å². The molecule has 12 N–H and O–H groups in total. The Morgan fingerprint density at radius 1 is 0.615 bits per heavy atom. The third-order valence-electron chi connectivity index (χ3n) is 0.289. The normalized spacial score (nSPS) is 8.46. The fourth-order valence-electron chi connectivity index (χ4n) is 0. The van der Waals surface area contributed by atoms with Gasteiger partial charge in [0.25, 0.3) is 0 Å². The van der Waals surface area contributed by atoms with Crippen molar-refractivity contribution in [3.8, 4) is 0 Å². The largest absolute Gasteiger partial charge is 3.00 e. The first-order chi connectivity index (χ1) is 3.25. The van der Waals surface area contributed by atoms with E-state index in [1.54, 1.807) is 0 Å². The molecule has 0 aromatic carbocycles. The van der Waals surface area contributed by atoms with Crippen LogP contribution in [-0.4, -0.2) is 25.9 Å². The Bertz CT molecular complexity index is 235. The van der Waals surface area contributed by atoms with Gasteiger partial charge in [-0.2, -0.15) is 0 Å². The molecule has 0 unspecified atom stereocenters. The van der Waals surface area contributed by atoms with E-state index in [0.29, 0.717) is 0 Å². The predicted molar refractivity (Wildman–Crippen MR) is 46.2 cm³/mol. The summed E-state index contributed by atoms with van der Waals surface area (Å²) < 4.78 is 49.7. The van der Waals surface area contributed by atoms with Gasteiger partial charge in [-0.25, -0.2) is 0 Å². The molecule has 0 atom stereocenters. The molecule has 13 heteroatoms. The third kappa shape index (κ3) is 15.0.